The lowest BCUT2D eigenvalue weighted by molar-refractivity contribution is 0.0367. The van der Waals surface area contributed by atoms with Gasteiger partial charge in [0.25, 0.3) is 5.56 Å². The number of fused-ring (bicyclic) bond motifs is 1. The Balaban J connectivity index is 1.55. The van der Waals surface area contributed by atoms with Gasteiger partial charge < -0.3 is 24.7 Å². The molecule has 0 aliphatic carbocycles. The summed E-state index contributed by atoms with van der Waals surface area (Å²) in [6, 6.07) is 13.9. The Morgan fingerprint density at radius 3 is 2.74 bits per heavy atom. The number of H-pyrrole nitrogens is 1. The van der Waals surface area contributed by atoms with Crippen LogP contribution >= 0.6 is 12.2 Å². The van der Waals surface area contributed by atoms with E-state index in [1.807, 2.05) is 24.3 Å². The van der Waals surface area contributed by atoms with Crippen molar-refractivity contribution in [3.63, 3.8) is 0 Å². The Labute approximate surface area is 212 Å². The molecule has 4 rings (SSSR count). The largest absolute Gasteiger partial charge is 0.497 e. The standard InChI is InChI=1S/C27H34N4O3S/c1-19-5-6-20(2)25(15-19)29-27(35)31(10-4-9-30-11-13-34-14-12-30)18-22-16-21-17-23(33-3)7-8-24(21)28-26(22)32/h5-8,15-17H,4,9-14,18H2,1-3H3,(H,28,32)(H,29,35). The third kappa shape index (κ3) is 6.60. The SMILES string of the molecule is COc1ccc2[nH]c(=O)c(CN(CCCN3CCOCC3)C(=S)Nc3cc(C)ccc3C)cc2c1. The van der Waals surface area contributed by atoms with Crippen molar-refractivity contribution >= 4 is 33.9 Å². The van der Waals surface area contributed by atoms with Crippen LogP contribution in [0.1, 0.15) is 23.1 Å². The number of aromatic amines is 1. The van der Waals surface area contributed by atoms with E-state index in [4.69, 9.17) is 21.7 Å². The van der Waals surface area contributed by atoms with Crippen LogP contribution in [0.2, 0.25) is 0 Å². The molecule has 0 atom stereocenters. The average Bonchev–Trinajstić information content (AvgIpc) is 2.86. The molecule has 0 saturated carbocycles. The first kappa shape index (κ1) is 25.2. The first-order chi connectivity index (χ1) is 16.9. The van der Waals surface area contributed by atoms with Gasteiger partial charge in [-0.05, 0) is 73.9 Å². The van der Waals surface area contributed by atoms with Crippen LogP contribution < -0.4 is 15.6 Å². The number of morpholine rings is 1. The minimum absolute atomic E-state index is 0.101. The second kappa shape index (κ2) is 11.7. The Kier molecular flexibility index (Phi) is 8.38. The number of aryl methyl sites for hydroxylation is 2. The van der Waals surface area contributed by atoms with E-state index in [1.165, 1.54) is 5.56 Å². The van der Waals surface area contributed by atoms with Crippen molar-refractivity contribution in [3.8, 4) is 5.75 Å². The summed E-state index contributed by atoms with van der Waals surface area (Å²) in [4.78, 5) is 20.4. The van der Waals surface area contributed by atoms with Gasteiger partial charge in [0.05, 0.1) is 26.9 Å². The van der Waals surface area contributed by atoms with Crippen LogP contribution in [0.4, 0.5) is 5.69 Å². The van der Waals surface area contributed by atoms with E-state index in [9.17, 15) is 4.79 Å². The summed E-state index contributed by atoms with van der Waals surface area (Å²) < 4.78 is 10.8. The third-order valence-electron chi connectivity index (χ3n) is 6.42. The molecule has 1 fully saturated rings. The van der Waals surface area contributed by atoms with E-state index >= 15 is 0 Å². The zero-order valence-electron chi connectivity index (χ0n) is 20.7. The molecule has 2 aromatic carbocycles. The van der Waals surface area contributed by atoms with Gasteiger partial charge >= 0.3 is 0 Å². The lowest BCUT2D eigenvalue weighted by Gasteiger charge is -2.30. The van der Waals surface area contributed by atoms with E-state index in [-0.39, 0.29) is 5.56 Å². The highest BCUT2D eigenvalue weighted by molar-refractivity contribution is 7.80. The van der Waals surface area contributed by atoms with E-state index in [2.05, 4.69) is 52.1 Å². The number of benzene rings is 2. The third-order valence-corrected chi connectivity index (χ3v) is 6.78. The number of rotatable bonds is 8. The second-order valence-electron chi connectivity index (χ2n) is 9.05. The smallest absolute Gasteiger partial charge is 0.253 e. The van der Waals surface area contributed by atoms with Gasteiger partial charge in [0.15, 0.2) is 5.11 Å². The molecule has 1 aliphatic rings. The highest BCUT2D eigenvalue weighted by Crippen LogP contribution is 2.21. The molecule has 2 N–H and O–H groups in total. The van der Waals surface area contributed by atoms with E-state index in [0.717, 1.165) is 73.7 Å². The van der Waals surface area contributed by atoms with E-state index < -0.39 is 0 Å². The number of nitrogens with zero attached hydrogens (tertiary/aromatic N) is 2. The molecule has 1 saturated heterocycles. The minimum Gasteiger partial charge on any atom is -0.497 e. The summed E-state index contributed by atoms with van der Waals surface area (Å²) in [5, 5.41) is 4.97. The van der Waals surface area contributed by atoms with Gasteiger partial charge in [0.1, 0.15) is 5.75 Å². The second-order valence-corrected chi connectivity index (χ2v) is 9.44. The number of ether oxygens (including phenoxy) is 2. The van der Waals surface area contributed by atoms with Crippen molar-refractivity contribution in [2.24, 2.45) is 0 Å². The van der Waals surface area contributed by atoms with Gasteiger partial charge in [0.2, 0.25) is 0 Å². The number of hydrogen-bond donors (Lipinski definition) is 2. The Hall–Kier alpha value is -2.94. The van der Waals surface area contributed by atoms with Crippen LogP contribution in [0, 0.1) is 13.8 Å². The van der Waals surface area contributed by atoms with Gasteiger partial charge in [-0.3, -0.25) is 9.69 Å². The van der Waals surface area contributed by atoms with Gasteiger partial charge in [-0.1, -0.05) is 12.1 Å². The number of hydrogen-bond acceptors (Lipinski definition) is 5. The molecule has 0 unspecified atom stereocenters. The normalized spacial score (nSPS) is 14.1. The molecule has 7 nitrogen and oxygen atoms in total. The first-order valence-electron chi connectivity index (χ1n) is 12.1. The van der Waals surface area contributed by atoms with Crippen molar-refractivity contribution < 1.29 is 9.47 Å². The maximum Gasteiger partial charge on any atom is 0.253 e. The number of anilines is 1. The van der Waals surface area contributed by atoms with Crippen molar-refractivity contribution in [1.82, 2.24) is 14.8 Å². The molecular weight excluding hydrogens is 460 g/mol. The van der Waals surface area contributed by atoms with Crippen LogP contribution in [-0.2, 0) is 11.3 Å². The Morgan fingerprint density at radius 1 is 1.17 bits per heavy atom. The van der Waals surface area contributed by atoms with Crippen LogP contribution in [0.15, 0.2) is 47.3 Å². The van der Waals surface area contributed by atoms with Gasteiger partial charge in [-0.15, -0.1) is 0 Å². The van der Waals surface area contributed by atoms with Crippen molar-refractivity contribution in [1.29, 1.82) is 0 Å². The molecule has 2 heterocycles. The lowest BCUT2D eigenvalue weighted by Crippen LogP contribution is -2.40. The topological polar surface area (TPSA) is 69.8 Å². The fourth-order valence-corrected chi connectivity index (χ4v) is 4.57. The summed E-state index contributed by atoms with van der Waals surface area (Å²) in [5.74, 6) is 0.755. The molecule has 1 aliphatic heterocycles. The van der Waals surface area contributed by atoms with Gasteiger partial charge in [-0.2, -0.15) is 0 Å². The molecule has 0 spiro atoms. The highest BCUT2D eigenvalue weighted by Gasteiger charge is 2.16. The molecule has 3 aromatic rings. The molecule has 0 radical (unpaired) electrons. The first-order valence-corrected chi connectivity index (χ1v) is 12.5. The molecule has 186 valence electrons. The average molecular weight is 495 g/mol. The van der Waals surface area contributed by atoms with Crippen LogP contribution in [-0.4, -0.2) is 66.4 Å². The van der Waals surface area contributed by atoms with Crippen LogP contribution in [0.5, 0.6) is 5.75 Å². The molecule has 0 amide bonds. The summed E-state index contributed by atoms with van der Waals surface area (Å²) in [5.41, 5.74) is 4.64. The molecule has 1 aromatic heterocycles. The maximum atomic E-state index is 12.9. The highest BCUT2D eigenvalue weighted by atomic mass is 32.1. The Morgan fingerprint density at radius 2 is 1.97 bits per heavy atom. The number of thiocarbonyl (C=S) groups is 1. The van der Waals surface area contributed by atoms with Crippen LogP contribution in [0.25, 0.3) is 10.9 Å². The van der Waals surface area contributed by atoms with Crippen LogP contribution in [0.3, 0.4) is 0 Å². The number of pyridine rings is 1. The molecular formula is C27H34N4O3S. The molecule has 35 heavy (non-hydrogen) atoms. The Bertz CT molecular complexity index is 1240. The number of nitrogens with one attached hydrogen (secondary N) is 2. The fraction of sp³-hybridized carbons (Fsp3) is 0.407. The summed E-state index contributed by atoms with van der Waals surface area (Å²) in [6.45, 7) is 9.74. The van der Waals surface area contributed by atoms with Gasteiger partial charge in [-0.25, -0.2) is 0 Å². The summed E-state index contributed by atoms with van der Waals surface area (Å²) in [7, 11) is 1.64. The fourth-order valence-electron chi connectivity index (χ4n) is 4.31. The molecule has 8 heteroatoms. The zero-order chi connectivity index (χ0) is 24.8. The predicted octanol–water partition coefficient (Wildman–Crippen LogP) is 4.07. The van der Waals surface area contributed by atoms with Crippen molar-refractivity contribution in [2.75, 3.05) is 51.8 Å². The monoisotopic (exact) mass is 494 g/mol. The zero-order valence-corrected chi connectivity index (χ0v) is 21.5. The van der Waals surface area contributed by atoms with E-state index in [0.29, 0.717) is 17.2 Å². The quantitative estimate of drug-likeness (QED) is 0.458. The summed E-state index contributed by atoms with van der Waals surface area (Å²) >= 11 is 5.86. The minimum atomic E-state index is -0.101. The van der Waals surface area contributed by atoms with Gasteiger partial charge in [0, 0.05) is 48.3 Å². The van der Waals surface area contributed by atoms with E-state index in [1.54, 1.807) is 7.11 Å². The number of aromatic nitrogens is 1. The predicted molar refractivity (Wildman–Crippen MR) is 146 cm³/mol. The lowest BCUT2D eigenvalue weighted by atomic mass is 10.1. The summed E-state index contributed by atoms with van der Waals surface area (Å²) in [6.07, 6.45) is 0.938. The van der Waals surface area contributed by atoms with Crippen molar-refractivity contribution in [2.45, 2.75) is 26.8 Å². The maximum absolute atomic E-state index is 12.9. The van der Waals surface area contributed by atoms with Crippen molar-refractivity contribution in [3.05, 3.63) is 69.5 Å². The molecule has 0 bridgehead atoms. The number of methoxy groups -OCH3 is 1.